The van der Waals surface area contributed by atoms with Crippen molar-refractivity contribution in [1.29, 1.82) is 5.26 Å². The third kappa shape index (κ3) is 3.69. The van der Waals surface area contributed by atoms with Crippen LogP contribution >= 0.6 is 23.2 Å². The summed E-state index contributed by atoms with van der Waals surface area (Å²) in [4.78, 5) is 0. The van der Waals surface area contributed by atoms with Gasteiger partial charge >= 0.3 is 6.18 Å². The molecule has 0 saturated carbocycles. The van der Waals surface area contributed by atoms with Crippen LogP contribution in [0, 0.1) is 17.2 Å². The second-order valence-corrected chi connectivity index (χ2v) is 3.87. The standard InChI is InChI=1S/C10H6Cl2F3NO/c11-7-2-1-3-8(9(7)12)17-5-6(4-16)10(13,14)15/h1-3,6H,5H2. The van der Waals surface area contributed by atoms with E-state index in [4.69, 9.17) is 33.2 Å². The minimum Gasteiger partial charge on any atom is -0.490 e. The summed E-state index contributed by atoms with van der Waals surface area (Å²) in [5.74, 6) is -2.18. The van der Waals surface area contributed by atoms with E-state index < -0.39 is 18.7 Å². The van der Waals surface area contributed by atoms with Crippen molar-refractivity contribution in [3.8, 4) is 11.8 Å². The van der Waals surface area contributed by atoms with E-state index in [0.717, 1.165) is 6.07 Å². The van der Waals surface area contributed by atoms with Gasteiger partial charge in [-0.05, 0) is 12.1 Å². The third-order valence-electron chi connectivity index (χ3n) is 1.87. The number of benzene rings is 1. The summed E-state index contributed by atoms with van der Waals surface area (Å²) >= 11 is 11.4. The Kier molecular flexibility index (Phi) is 4.49. The Balaban J connectivity index is 2.74. The SMILES string of the molecule is N#CC(COc1cccc(Cl)c1Cl)C(F)(F)F. The Morgan fingerprint density at radius 3 is 2.53 bits per heavy atom. The Hall–Kier alpha value is -1.12. The van der Waals surface area contributed by atoms with Gasteiger partial charge in [-0.2, -0.15) is 18.4 Å². The largest absolute Gasteiger partial charge is 0.490 e. The Labute approximate surface area is 106 Å². The zero-order valence-electron chi connectivity index (χ0n) is 8.26. The van der Waals surface area contributed by atoms with Crippen molar-refractivity contribution in [3.05, 3.63) is 28.2 Å². The molecule has 1 aromatic carbocycles. The topological polar surface area (TPSA) is 33.0 Å². The van der Waals surface area contributed by atoms with E-state index >= 15 is 0 Å². The maximum Gasteiger partial charge on any atom is 0.407 e. The number of halogens is 5. The fraction of sp³-hybridized carbons (Fsp3) is 0.300. The molecule has 1 unspecified atom stereocenters. The van der Waals surface area contributed by atoms with Crippen LogP contribution in [0.4, 0.5) is 13.2 Å². The normalized spacial score (nSPS) is 12.9. The van der Waals surface area contributed by atoms with Crippen molar-refractivity contribution < 1.29 is 17.9 Å². The van der Waals surface area contributed by atoms with Crippen molar-refractivity contribution in [2.45, 2.75) is 6.18 Å². The lowest BCUT2D eigenvalue weighted by atomic mass is 10.2. The second-order valence-electron chi connectivity index (χ2n) is 3.09. The minimum absolute atomic E-state index is 0.0173. The van der Waals surface area contributed by atoms with Gasteiger partial charge in [-0.25, -0.2) is 0 Å². The molecule has 0 spiro atoms. The Bertz CT molecular complexity index is 442. The quantitative estimate of drug-likeness (QED) is 0.838. The highest BCUT2D eigenvalue weighted by atomic mass is 35.5. The van der Waals surface area contributed by atoms with E-state index in [2.05, 4.69) is 0 Å². The fourth-order valence-electron chi connectivity index (χ4n) is 0.974. The summed E-state index contributed by atoms with van der Waals surface area (Å²) < 4.78 is 41.6. The van der Waals surface area contributed by atoms with Crippen LogP contribution in [0.25, 0.3) is 0 Å². The average molecular weight is 284 g/mol. The molecule has 1 atom stereocenters. The highest BCUT2D eigenvalue weighted by Crippen LogP contribution is 2.33. The maximum atomic E-state index is 12.2. The molecular formula is C10H6Cl2F3NO. The maximum absolute atomic E-state index is 12.2. The van der Waals surface area contributed by atoms with Crippen LogP contribution in [0.2, 0.25) is 10.0 Å². The Morgan fingerprint density at radius 2 is 2.00 bits per heavy atom. The van der Waals surface area contributed by atoms with E-state index in [9.17, 15) is 13.2 Å². The number of nitriles is 1. The van der Waals surface area contributed by atoms with E-state index in [1.807, 2.05) is 0 Å². The van der Waals surface area contributed by atoms with Crippen LogP contribution in [0.15, 0.2) is 18.2 Å². The van der Waals surface area contributed by atoms with Gasteiger partial charge in [0.05, 0.1) is 11.1 Å². The second kappa shape index (κ2) is 5.48. The molecule has 0 radical (unpaired) electrons. The summed E-state index contributed by atoms with van der Waals surface area (Å²) in [7, 11) is 0. The summed E-state index contributed by atoms with van der Waals surface area (Å²) in [5, 5.41) is 8.55. The van der Waals surface area contributed by atoms with Crippen LogP contribution in [0.3, 0.4) is 0 Å². The molecule has 1 rings (SSSR count). The molecule has 0 aliphatic rings. The molecule has 0 aromatic heterocycles. The molecule has 0 heterocycles. The molecule has 0 N–H and O–H groups in total. The van der Waals surface area contributed by atoms with Gasteiger partial charge in [0.15, 0.2) is 5.92 Å². The predicted molar refractivity (Wildman–Crippen MR) is 57.1 cm³/mol. The van der Waals surface area contributed by atoms with Crippen LogP contribution in [0.1, 0.15) is 0 Å². The number of hydrogen-bond donors (Lipinski definition) is 0. The van der Waals surface area contributed by atoms with Gasteiger partial charge in [0.1, 0.15) is 17.4 Å². The van der Waals surface area contributed by atoms with Gasteiger partial charge in [0.2, 0.25) is 0 Å². The lowest BCUT2D eigenvalue weighted by Crippen LogP contribution is -2.27. The van der Waals surface area contributed by atoms with Gasteiger partial charge in [-0.3, -0.25) is 0 Å². The summed E-state index contributed by atoms with van der Waals surface area (Å²) in [5.41, 5.74) is 0. The lowest BCUT2D eigenvalue weighted by molar-refractivity contribution is -0.165. The predicted octanol–water partition coefficient (Wildman–Crippen LogP) is 4.07. The zero-order valence-corrected chi connectivity index (χ0v) is 9.77. The monoisotopic (exact) mass is 283 g/mol. The molecule has 0 saturated heterocycles. The van der Waals surface area contributed by atoms with Crippen LogP contribution in [0.5, 0.6) is 5.75 Å². The van der Waals surface area contributed by atoms with Gasteiger partial charge < -0.3 is 4.74 Å². The lowest BCUT2D eigenvalue weighted by Gasteiger charge is -2.15. The first-order valence-corrected chi connectivity index (χ1v) is 5.15. The van der Waals surface area contributed by atoms with Crippen molar-refractivity contribution >= 4 is 23.2 Å². The third-order valence-corrected chi connectivity index (χ3v) is 2.67. The number of ether oxygens (including phenoxy) is 1. The highest BCUT2D eigenvalue weighted by molar-refractivity contribution is 6.42. The van der Waals surface area contributed by atoms with E-state index in [-0.39, 0.29) is 15.8 Å². The smallest absolute Gasteiger partial charge is 0.407 e. The molecule has 0 aliphatic heterocycles. The first-order valence-electron chi connectivity index (χ1n) is 4.39. The van der Waals surface area contributed by atoms with Gasteiger partial charge in [0, 0.05) is 0 Å². The number of alkyl halides is 3. The van der Waals surface area contributed by atoms with Crippen molar-refractivity contribution in [1.82, 2.24) is 0 Å². The van der Waals surface area contributed by atoms with Crippen LogP contribution < -0.4 is 4.74 Å². The molecule has 0 amide bonds. The summed E-state index contributed by atoms with van der Waals surface area (Å²) in [6, 6.07) is 5.45. The van der Waals surface area contributed by atoms with Crippen molar-refractivity contribution in [2.75, 3.05) is 6.61 Å². The van der Waals surface area contributed by atoms with Gasteiger partial charge in [-0.1, -0.05) is 29.3 Å². The number of hydrogen-bond acceptors (Lipinski definition) is 2. The average Bonchev–Trinajstić information content (AvgIpc) is 2.23. The summed E-state index contributed by atoms with van der Waals surface area (Å²) in [6.07, 6.45) is -4.63. The van der Waals surface area contributed by atoms with Crippen molar-refractivity contribution in [3.63, 3.8) is 0 Å². The molecule has 17 heavy (non-hydrogen) atoms. The molecule has 92 valence electrons. The first-order chi connectivity index (χ1) is 7.86. The zero-order chi connectivity index (χ0) is 13.1. The number of nitrogens with zero attached hydrogens (tertiary/aromatic N) is 1. The molecule has 2 nitrogen and oxygen atoms in total. The molecule has 0 aliphatic carbocycles. The molecule has 1 aromatic rings. The highest BCUT2D eigenvalue weighted by Gasteiger charge is 2.40. The summed E-state index contributed by atoms with van der Waals surface area (Å²) in [6.45, 7) is -0.819. The Morgan fingerprint density at radius 1 is 1.35 bits per heavy atom. The number of rotatable bonds is 3. The van der Waals surface area contributed by atoms with E-state index in [1.54, 1.807) is 0 Å². The van der Waals surface area contributed by atoms with Crippen LogP contribution in [-0.2, 0) is 0 Å². The minimum atomic E-state index is -4.63. The van der Waals surface area contributed by atoms with Crippen molar-refractivity contribution in [2.24, 2.45) is 5.92 Å². The molecular weight excluding hydrogens is 278 g/mol. The van der Waals surface area contributed by atoms with Gasteiger partial charge in [0.25, 0.3) is 0 Å². The van der Waals surface area contributed by atoms with E-state index in [0.29, 0.717) is 0 Å². The van der Waals surface area contributed by atoms with E-state index in [1.165, 1.54) is 18.2 Å². The molecule has 0 fully saturated rings. The fourth-order valence-corrected chi connectivity index (χ4v) is 1.32. The first kappa shape index (κ1) is 13.9. The van der Waals surface area contributed by atoms with Gasteiger partial charge in [-0.15, -0.1) is 0 Å². The van der Waals surface area contributed by atoms with Crippen LogP contribution in [-0.4, -0.2) is 12.8 Å². The molecule has 0 bridgehead atoms. The molecule has 7 heteroatoms.